The summed E-state index contributed by atoms with van der Waals surface area (Å²) in [6.45, 7) is 3.95. The molecule has 0 spiro atoms. The summed E-state index contributed by atoms with van der Waals surface area (Å²) in [5.41, 5.74) is 1.84. The minimum absolute atomic E-state index is 0.0741. The maximum atomic E-state index is 11.7. The van der Waals surface area contributed by atoms with Crippen LogP contribution in [0.3, 0.4) is 0 Å². The number of aromatic hydroxyl groups is 1. The van der Waals surface area contributed by atoms with E-state index in [1.807, 2.05) is 13.8 Å². The van der Waals surface area contributed by atoms with Crippen LogP contribution in [0.15, 0.2) is 62.6 Å². The Morgan fingerprint density at radius 3 is 2.27 bits per heavy atom. The molecule has 0 saturated carbocycles. The van der Waals surface area contributed by atoms with Gasteiger partial charge in [0.1, 0.15) is 11.3 Å². The van der Waals surface area contributed by atoms with Crippen LogP contribution in [0, 0.1) is 6.92 Å². The highest BCUT2D eigenvalue weighted by molar-refractivity contribution is 7.85. The molecule has 0 fully saturated rings. The van der Waals surface area contributed by atoms with Crippen LogP contribution in [-0.2, 0) is 16.5 Å². The number of aryl methyl sites for hydroxylation is 1. The van der Waals surface area contributed by atoms with Crippen LogP contribution in [-0.4, -0.2) is 18.1 Å². The lowest BCUT2D eigenvalue weighted by Gasteiger charge is -2.06. The zero-order chi connectivity index (χ0) is 19.3. The minimum atomic E-state index is -4.00. The fraction of sp³-hybridized carbons (Fsp3) is 0.211. The Labute approximate surface area is 151 Å². The van der Waals surface area contributed by atoms with E-state index in [0.717, 1.165) is 29.4 Å². The Morgan fingerprint density at radius 1 is 1.08 bits per heavy atom. The Hall–Kier alpha value is -2.64. The Bertz CT molecular complexity index is 1050. The highest BCUT2D eigenvalue weighted by atomic mass is 32.2. The van der Waals surface area contributed by atoms with Crippen molar-refractivity contribution < 1.29 is 22.5 Å². The van der Waals surface area contributed by atoms with Gasteiger partial charge in [-0.25, -0.2) is 4.79 Å². The van der Waals surface area contributed by atoms with Crippen molar-refractivity contribution >= 4 is 21.1 Å². The van der Waals surface area contributed by atoms with Gasteiger partial charge in [0, 0.05) is 17.0 Å². The number of rotatable bonds is 3. The number of hydrogen-bond acceptors (Lipinski definition) is 5. The summed E-state index contributed by atoms with van der Waals surface area (Å²) >= 11 is 0. The van der Waals surface area contributed by atoms with Crippen LogP contribution in [0.4, 0.5) is 0 Å². The predicted molar refractivity (Wildman–Crippen MR) is 99.1 cm³/mol. The van der Waals surface area contributed by atoms with E-state index in [9.17, 15) is 18.3 Å². The highest BCUT2D eigenvalue weighted by Crippen LogP contribution is 2.23. The first kappa shape index (κ1) is 19.7. The molecule has 0 aliphatic carbocycles. The molecule has 1 aromatic heterocycles. The average molecular weight is 376 g/mol. The van der Waals surface area contributed by atoms with E-state index in [2.05, 4.69) is 0 Å². The summed E-state index contributed by atoms with van der Waals surface area (Å²) in [5, 5.41) is 10.2. The van der Waals surface area contributed by atoms with Crippen molar-refractivity contribution in [2.24, 2.45) is 0 Å². The van der Waals surface area contributed by atoms with E-state index in [-0.39, 0.29) is 16.3 Å². The summed E-state index contributed by atoms with van der Waals surface area (Å²) in [5.74, 6) is 0.110. The van der Waals surface area contributed by atoms with Gasteiger partial charge in [-0.1, -0.05) is 31.5 Å². The lowest BCUT2D eigenvalue weighted by Crippen LogP contribution is -2.09. The van der Waals surface area contributed by atoms with Crippen molar-refractivity contribution in [2.75, 3.05) is 0 Å². The maximum absolute atomic E-state index is 11.7. The lowest BCUT2D eigenvalue weighted by molar-refractivity contribution is 0.472. The molecule has 3 rings (SSSR count). The molecule has 0 bridgehead atoms. The molecule has 3 aromatic rings. The molecule has 2 N–H and O–H groups in total. The van der Waals surface area contributed by atoms with Gasteiger partial charge in [-0.2, -0.15) is 8.42 Å². The number of benzene rings is 2. The first-order valence-electron chi connectivity index (χ1n) is 8.02. The third-order valence-electron chi connectivity index (χ3n) is 3.81. The van der Waals surface area contributed by atoms with Crippen LogP contribution in [0.5, 0.6) is 5.75 Å². The second-order valence-electron chi connectivity index (χ2n) is 5.71. The van der Waals surface area contributed by atoms with Crippen LogP contribution in [0.1, 0.15) is 24.5 Å². The molecule has 0 aliphatic rings. The van der Waals surface area contributed by atoms with E-state index in [1.165, 1.54) is 18.2 Å². The number of fused-ring (bicyclic) bond motifs is 1. The largest absolute Gasteiger partial charge is 0.508 e. The molecule has 0 unspecified atom stereocenters. The number of hydrogen-bond donors (Lipinski definition) is 2. The fourth-order valence-electron chi connectivity index (χ4n) is 2.51. The van der Waals surface area contributed by atoms with E-state index in [0.29, 0.717) is 5.58 Å². The third kappa shape index (κ3) is 4.71. The van der Waals surface area contributed by atoms with E-state index < -0.39 is 10.1 Å². The van der Waals surface area contributed by atoms with Gasteiger partial charge >= 0.3 is 5.63 Å². The number of phenols is 1. The zero-order valence-electron chi connectivity index (χ0n) is 14.5. The molecule has 2 aromatic carbocycles. The van der Waals surface area contributed by atoms with Crippen LogP contribution < -0.4 is 5.63 Å². The third-order valence-corrected chi connectivity index (χ3v) is 4.68. The second kappa shape index (κ2) is 8.16. The SMILES string of the molecule is CCCc1c(C)c2ccc(O)cc2oc1=O.O=S(=O)(O)c1ccccc1. The first-order chi connectivity index (χ1) is 12.2. The van der Waals surface area contributed by atoms with Gasteiger partial charge < -0.3 is 9.52 Å². The molecule has 0 saturated heterocycles. The summed E-state index contributed by atoms with van der Waals surface area (Å²) in [4.78, 5) is 11.6. The van der Waals surface area contributed by atoms with Gasteiger partial charge in [0.15, 0.2) is 0 Å². The van der Waals surface area contributed by atoms with Crippen molar-refractivity contribution in [3.63, 3.8) is 0 Å². The second-order valence-corrected chi connectivity index (χ2v) is 7.13. The monoisotopic (exact) mass is 376 g/mol. The predicted octanol–water partition coefficient (Wildman–Crippen LogP) is 3.69. The molecule has 6 nitrogen and oxygen atoms in total. The van der Waals surface area contributed by atoms with Gasteiger partial charge in [-0.15, -0.1) is 0 Å². The Morgan fingerprint density at radius 2 is 1.73 bits per heavy atom. The molecule has 7 heteroatoms. The highest BCUT2D eigenvalue weighted by Gasteiger charge is 2.10. The standard InChI is InChI=1S/C13H14O3.C6H6O3S/c1-3-4-11-8(2)10-6-5-9(14)7-12(10)16-13(11)15;7-10(8,9)6-4-2-1-3-5-6/h5-7,14H,3-4H2,1-2H3;1-5H,(H,7,8,9). The lowest BCUT2D eigenvalue weighted by atomic mass is 10.0. The smallest absolute Gasteiger partial charge is 0.339 e. The molecular formula is C19H20O6S. The van der Waals surface area contributed by atoms with Crippen molar-refractivity contribution in [2.45, 2.75) is 31.6 Å². The average Bonchev–Trinajstić information content (AvgIpc) is 2.59. The van der Waals surface area contributed by atoms with Gasteiger partial charge in [0.2, 0.25) is 0 Å². The fourth-order valence-corrected chi connectivity index (χ4v) is 3.02. The van der Waals surface area contributed by atoms with Gasteiger partial charge in [-0.05, 0) is 43.2 Å². The zero-order valence-corrected chi connectivity index (χ0v) is 15.3. The summed E-state index contributed by atoms with van der Waals surface area (Å²) in [6, 6.07) is 12.3. The topological polar surface area (TPSA) is 105 Å². The van der Waals surface area contributed by atoms with E-state index in [4.69, 9.17) is 8.97 Å². The molecule has 138 valence electrons. The van der Waals surface area contributed by atoms with Crippen molar-refractivity contribution in [3.8, 4) is 5.75 Å². The van der Waals surface area contributed by atoms with E-state index >= 15 is 0 Å². The van der Waals surface area contributed by atoms with Gasteiger partial charge in [-0.3, -0.25) is 4.55 Å². The molecule has 1 heterocycles. The molecular weight excluding hydrogens is 356 g/mol. The summed E-state index contributed by atoms with van der Waals surface area (Å²) in [6.07, 6.45) is 1.64. The van der Waals surface area contributed by atoms with Gasteiger partial charge in [0.25, 0.3) is 10.1 Å². The molecule has 26 heavy (non-hydrogen) atoms. The number of phenolic OH excluding ortho intramolecular Hbond substituents is 1. The van der Waals surface area contributed by atoms with Crippen LogP contribution in [0.25, 0.3) is 11.0 Å². The molecule has 0 radical (unpaired) electrons. The quantitative estimate of drug-likeness (QED) is 0.533. The minimum Gasteiger partial charge on any atom is -0.508 e. The van der Waals surface area contributed by atoms with Gasteiger partial charge in [0.05, 0.1) is 4.90 Å². The first-order valence-corrected chi connectivity index (χ1v) is 9.46. The molecule has 0 aliphatic heterocycles. The Balaban J connectivity index is 0.000000209. The van der Waals surface area contributed by atoms with Crippen molar-refractivity contribution in [3.05, 3.63) is 70.1 Å². The van der Waals surface area contributed by atoms with Crippen LogP contribution >= 0.6 is 0 Å². The van der Waals surface area contributed by atoms with Crippen molar-refractivity contribution in [1.82, 2.24) is 0 Å². The van der Waals surface area contributed by atoms with Crippen molar-refractivity contribution in [1.29, 1.82) is 0 Å². The summed E-state index contributed by atoms with van der Waals surface area (Å²) in [7, 11) is -4.00. The van der Waals surface area contributed by atoms with Crippen LogP contribution in [0.2, 0.25) is 0 Å². The normalized spacial score (nSPS) is 11.0. The van der Waals surface area contributed by atoms with E-state index in [1.54, 1.807) is 30.3 Å². The summed E-state index contributed by atoms with van der Waals surface area (Å²) < 4.78 is 34.4. The maximum Gasteiger partial charge on any atom is 0.339 e. The molecule has 0 atom stereocenters. The Kier molecular flexibility index (Phi) is 6.18. The molecule has 0 amide bonds.